The lowest BCUT2D eigenvalue weighted by Crippen LogP contribution is -1.97. The summed E-state index contributed by atoms with van der Waals surface area (Å²) in [7, 11) is 0. The van der Waals surface area contributed by atoms with E-state index in [2.05, 4.69) is 78.9 Å². The van der Waals surface area contributed by atoms with Crippen molar-refractivity contribution in [1.82, 2.24) is 0 Å². The maximum atomic E-state index is 2.37. The minimum absolute atomic E-state index is 1.13. The fourth-order valence-electron chi connectivity index (χ4n) is 2.21. The number of aryl methyl sites for hydroxylation is 3. The van der Waals surface area contributed by atoms with E-state index >= 15 is 0 Å². The van der Waals surface area contributed by atoms with Gasteiger partial charge >= 0.3 is 0 Å². The number of benzene rings is 2. The van der Waals surface area contributed by atoms with Crippen LogP contribution in [0.4, 0.5) is 0 Å². The molecular formula is C16H17I. The Morgan fingerprint density at radius 3 is 2.18 bits per heavy atom. The standard InChI is InChI=1S/C16H17I/c1-12-5-3-6-13(2)16(12)10-9-14-7-4-8-15(17)11-14/h3-8,11H,9-10H2,1-2H3. The third-order valence-corrected chi connectivity index (χ3v) is 3.87. The van der Waals surface area contributed by atoms with Crippen molar-refractivity contribution in [3.05, 3.63) is 68.3 Å². The first kappa shape index (κ1) is 12.6. The fraction of sp³-hybridized carbons (Fsp3) is 0.250. The first-order valence-corrected chi connectivity index (χ1v) is 7.04. The number of hydrogen-bond acceptors (Lipinski definition) is 0. The summed E-state index contributed by atoms with van der Waals surface area (Å²) >= 11 is 2.37. The summed E-state index contributed by atoms with van der Waals surface area (Å²) in [4.78, 5) is 0. The van der Waals surface area contributed by atoms with Crippen LogP contribution in [0.25, 0.3) is 0 Å². The molecule has 2 rings (SSSR count). The average molecular weight is 336 g/mol. The Kier molecular flexibility index (Phi) is 4.21. The van der Waals surface area contributed by atoms with Gasteiger partial charge in [0.15, 0.2) is 0 Å². The highest BCUT2D eigenvalue weighted by atomic mass is 127. The van der Waals surface area contributed by atoms with Gasteiger partial charge in [-0.05, 0) is 83.7 Å². The predicted molar refractivity (Wildman–Crippen MR) is 82.5 cm³/mol. The van der Waals surface area contributed by atoms with E-state index in [4.69, 9.17) is 0 Å². The van der Waals surface area contributed by atoms with Crippen LogP contribution in [0.5, 0.6) is 0 Å². The van der Waals surface area contributed by atoms with Crippen molar-refractivity contribution in [2.75, 3.05) is 0 Å². The van der Waals surface area contributed by atoms with Crippen molar-refractivity contribution < 1.29 is 0 Å². The first-order chi connectivity index (χ1) is 8.16. The van der Waals surface area contributed by atoms with Crippen LogP contribution in [-0.4, -0.2) is 0 Å². The molecule has 0 aliphatic carbocycles. The zero-order valence-corrected chi connectivity index (χ0v) is 12.5. The van der Waals surface area contributed by atoms with Crippen molar-refractivity contribution in [2.24, 2.45) is 0 Å². The van der Waals surface area contributed by atoms with E-state index < -0.39 is 0 Å². The van der Waals surface area contributed by atoms with Crippen LogP contribution in [0.15, 0.2) is 42.5 Å². The highest BCUT2D eigenvalue weighted by Gasteiger charge is 2.02. The molecule has 0 nitrogen and oxygen atoms in total. The first-order valence-electron chi connectivity index (χ1n) is 5.96. The van der Waals surface area contributed by atoms with Crippen LogP contribution in [0.2, 0.25) is 0 Å². The molecule has 0 heterocycles. The van der Waals surface area contributed by atoms with E-state index in [9.17, 15) is 0 Å². The number of hydrogen-bond donors (Lipinski definition) is 0. The molecule has 0 unspecified atom stereocenters. The maximum Gasteiger partial charge on any atom is 0.0133 e. The van der Waals surface area contributed by atoms with Gasteiger partial charge in [0, 0.05) is 3.57 Å². The van der Waals surface area contributed by atoms with Gasteiger partial charge in [0.25, 0.3) is 0 Å². The maximum absolute atomic E-state index is 2.37. The van der Waals surface area contributed by atoms with E-state index in [1.165, 1.54) is 25.8 Å². The summed E-state index contributed by atoms with van der Waals surface area (Å²) in [5.74, 6) is 0. The molecule has 0 N–H and O–H groups in total. The molecule has 0 atom stereocenters. The smallest absolute Gasteiger partial charge is 0.0133 e. The third-order valence-electron chi connectivity index (χ3n) is 3.20. The molecule has 0 bridgehead atoms. The Bertz CT molecular complexity index is 494. The summed E-state index contributed by atoms with van der Waals surface area (Å²) in [5, 5.41) is 0. The van der Waals surface area contributed by atoms with Gasteiger partial charge in [0.2, 0.25) is 0 Å². The molecule has 0 spiro atoms. The molecule has 0 radical (unpaired) electrons. The fourth-order valence-corrected chi connectivity index (χ4v) is 2.81. The van der Waals surface area contributed by atoms with E-state index in [0.717, 1.165) is 12.8 Å². The predicted octanol–water partition coefficient (Wildman–Crippen LogP) is 4.69. The molecule has 2 aromatic carbocycles. The van der Waals surface area contributed by atoms with Gasteiger partial charge < -0.3 is 0 Å². The highest BCUT2D eigenvalue weighted by Crippen LogP contribution is 2.17. The van der Waals surface area contributed by atoms with Crippen LogP contribution in [-0.2, 0) is 12.8 Å². The SMILES string of the molecule is Cc1cccc(C)c1CCc1cccc(I)c1. The molecule has 1 heteroatoms. The van der Waals surface area contributed by atoms with Gasteiger partial charge in [-0.3, -0.25) is 0 Å². The van der Waals surface area contributed by atoms with Crippen molar-refractivity contribution in [2.45, 2.75) is 26.7 Å². The average Bonchev–Trinajstić information content (AvgIpc) is 2.28. The second-order valence-electron chi connectivity index (χ2n) is 4.50. The molecule has 88 valence electrons. The molecular weight excluding hydrogens is 319 g/mol. The van der Waals surface area contributed by atoms with E-state index in [0.29, 0.717) is 0 Å². The second kappa shape index (κ2) is 5.67. The summed E-state index contributed by atoms with van der Waals surface area (Å²) in [6.45, 7) is 4.41. The minimum Gasteiger partial charge on any atom is -0.0617 e. The topological polar surface area (TPSA) is 0 Å². The molecule has 2 aromatic rings. The lowest BCUT2D eigenvalue weighted by Gasteiger charge is -2.09. The van der Waals surface area contributed by atoms with Crippen molar-refractivity contribution in [3.63, 3.8) is 0 Å². The van der Waals surface area contributed by atoms with Gasteiger partial charge in [0.1, 0.15) is 0 Å². The third kappa shape index (κ3) is 3.32. The quantitative estimate of drug-likeness (QED) is 0.713. The van der Waals surface area contributed by atoms with Crippen LogP contribution in [0, 0.1) is 17.4 Å². The normalized spacial score (nSPS) is 10.5. The van der Waals surface area contributed by atoms with Gasteiger partial charge in [-0.1, -0.05) is 30.3 Å². The Morgan fingerprint density at radius 2 is 1.53 bits per heavy atom. The summed E-state index contributed by atoms with van der Waals surface area (Å²) in [6.07, 6.45) is 2.27. The van der Waals surface area contributed by atoms with Crippen LogP contribution < -0.4 is 0 Å². The molecule has 0 aromatic heterocycles. The van der Waals surface area contributed by atoms with Gasteiger partial charge in [-0.2, -0.15) is 0 Å². The zero-order valence-electron chi connectivity index (χ0n) is 10.3. The molecule has 0 fully saturated rings. The van der Waals surface area contributed by atoms with Crippen molar-refractivity contribution >= 4 is 22.6 Å². The molecule has 0 aliphatic heterocycles. The van der Waals surface area contributed by atoms with E-state index in [-0.39, 0.29) is 0 Å². The number of halogens is 1. The molecule has 0 aliphatic rings. The molecule has 0 saturated heterocycles. The summed E-state index contributed by atoms with van der Waals surface area (Å²) < 4.78 is 1.32. The van der Waals surface area contributed by atoms with Crippen LogP contribution >= 0.6 is 22.6 Å². The lowest BCUT2D eigenvalue weighted by atomic mass is 9.96. The molecule has 17 heavy (non-hydrogen) atoms. The largest absolute Gasteiger partial charge is 0.0617 e. The van der Waals surface area contributed by atoms with Crippen molar-refractivity contribution in [3.8, 4) is 0 Å². The summed E-state index contributed by atoms with van der Waals surface area (Å²) in [6, 6.07) is 15.3. The van der Waals surface area contributed by atoms with Gasteiger partial charge in [0.05, 0.1) is 0 Å². The Morgan fingerprint density at radius 1 is 0.882 bits per heavy atom. The monoisotopic (exact) mass is 336 g/mol. The minimum atomic E-state index is 1.13. The molecule has 0 saturated carbocycles. The lowest BCUT2D eigenvalue weighted by molar-refractivity contribution is 0.936. The second-order valence-corrected chi connectivity index (χ2v) is 5.75. The van der Waals surface area contributed by atoms with E-state index in [1.807, 2.05) is 0 Å². The van der Waals surface area contributed by atoms with Crippen molar-refractivity contribution in [1.29, 1.82) is 0 Å². The Balaban J connectivity index is 2.13. The number of rotatable bonds is 3. The summed E-state index contributed by atoms with van der Waals surface area (Å²) in [5.41, 5.74) is 5.76. The van der Waals surface area contributed by atoms with E-state index in [1.54, 1.807) is 0 Å². The Labute approximate surface area is 117 Å². The zero-order chi connectivity index (χ0) is 12.3. The van der Waals surface area contributed by atoms with Crippen LogP contribution in [0.1, 0.15) is 22.3 Å². The Hall–Kier alpha value is -0.830. The van der Waals surface area contributed by atoms with Crippen LogP contribution in [0.3, 0.4) is 0 Å². The van der Waals surface area contributed by atoms with Gasteiger partial charge in [-0.15, -0.1) is 0 Å². The highest BCUT2D eigenvalue weighted by molar-refractivity contribution is 14.1. The molecule has 0 amide bonds. The van der Waals surface area contributed by atoms with Gasteiger partial charge in [-0.25, -0.2) is 0 Å².